The first-order chi connectivity index (χ1) is 36.9. The molecule has 2 aliphatic heterocycles. The minimum atomic E-state index is -0.419. The quantitative estimate of drug-likeness (QED) is 0.159. The summed E-state index contributed by atoms with van der Waals surface area (Å²) in [6.07, 6.45) is 4.36. The van der Waals surface area contributed by atoms with Crippen LogP contribution >= 0.6 is 11.3 Å². The van der Waals surface area contributed by atoms with Crippen molar-refractivity contribution in [1.82, 2.24) is 0 Å². The SMILES string of the molecule is [2H]c1c([2H])c([2H])c(N(c2ccccc2)c2cc3c4c(c2)N(c2ccc(C(C)(C)C)cc2)c2c(sc5ccc(C(C)(C)C)cc25)B4c2cc4c(cc2N3c2cc3c(cc2C)C(C)(C)CCC3(C)C)C(C)(C)CCC4(C)C)c([2H])c1[2H]. The topological polar surface area (TPSA) is 9.72 Å². The molecule has 0 saturated heterocycles. The zero-order valence-corrected chi connectivity index (χ0v) is 47.4. The maximum Gasteiger partial charge on any atom is 0.264 e. The largest absolute Gasteiger partial charge is 0.311 e. The van der Waals surface area contributed by atoms with Crippen molar-refractivity contribution < 1.29 is 6.85 Å². The van der Waals surface area contributed by atoms with Gasteiger partial charge in [0, 0.05) is 54.7 Å². The molecule has 3 nitrogen and oxygen atoms in total. The molecular formula is C69H76BN3S. The van der Waals surface area contributed by atoms with Crippen molar-refractivity contribution in [2.75, 3.05) is 14.7 Å². The molecule has 0 spiro atoms. The van der Waals surface area contributed by atoms with Crippen molar-refractivity contribution in [3.8, 4) is 0 Å². The Balaban J connectivity index is 1.29. The number of anilines is 9. The van der Waals surface area contributed by atoms with Gasteiger partial charge in [-0.25, -0.2) is 0 Å². The molecule has 0 fully saturated rings. The van der Waals surface area contributed by atoms with E-state index in [0.29, 0.717) is 11.4 Å². The van der Waals surface area contributed by atoms with Gasteiger partial charge in [0.05, 0.1) is 18.2 Å². The van der Waals surface area contributed by atoms with Gasteiger partial charge in [0.1, 0.15) is 0 Å². The first-order valence-corrected chi connectivity index (χ1v) is 28.0. The third-order valence-corrected chi connectivity index (χ3v) is 19.1. The number of nitrogens with zero attached hydrogens (tertiary/aromatic N) is 3. The van der Waals surface area contributed by atoms with Crippen LogP contribution in [0.4, 0.5) is 51.2 Å². The van der Waals surface area contributed by atoms with Crippen LogP contribution in [-0.4, -0.2) is 6.71 Å². The Hall–Kier alpha value is -6.04. The van der Waals surface area contributed by atoms with E-state index in [-0.39, 0.29) is 69.1 Å². The number of thiophene rings is 1. The Morgan fingerprint density at radius 3 is 1.64 bits per heavy atom. The van der Waals surface area contributed by atoms with Crippen LogP contribution in [0.1, 0.15) is 168 Å². The van der Waals surface area contributed by atoms with Crippen LogP contribution in [0.15, 0.2) is 139 Å². The third-order valence-electron chi connectivity index (χ3n) is 17.9. The normalized spacial score (nSPS) is 18.7. The van der Waals surface area contributed by atoms with E-state index in [2.05, 4.69) is 193 Å². The van der Waals surface area contributed by atoms with E-state index in [0.717, 1.165) is 59.8 Å². The smallest absolute Gasteiger partial charge is 0.264 e. The fourth-order valence-corrected chi connectivity index (χ4v) is 14.4. The lowest BCUT2D eigenvalue weighted by Gasteiger charge is -2.48. The number of aryl methyl sites for hydroxylation is 1. The van der Waals surface area contributed by atoms with Gasteiger partial charge in [0.15, 0.2) is 0 Å². The zero-order chi connectivity index (χ0) is 56.6. The summed E-state index contributed by atoms with van der Waals surface area (Å²) in [5, 5.41) is 1.20. The third kappa shape index (κ3) is 7.63. The van der Waals surface area contributed by atoms with E-state index in [9.17, 15) is 2.74 Å². The van der Waals surface area contributed by atoms with Gasteiger partial charge >= 0.3 is 0 Å². The molecule has 7 aromatic carbocycles. The average Bonchev–Trinajstić information content (AvgIpc) is 2.53. The molecule has 2 aliphatic carbocycles. The van der Waals surface area contributed by atoms with Gasteiger partial charge in [-0.3, -0.25) is 0 Å². The highest BCUT2D eigenvalue weighted by Gasteiger charge is 2.49. The second-order valence-electron chi connectivity index (χ2n) is 26.9. The monoisotopic (exact) mass is 995 g/mol. The summed E-state index contributed by atoms with van der Waals surface area (Å²) in [4.78, 5) is 7.02. The number of hydrogen-bond acceptors (Lipinski definition) is 4. The molecule has 0 unspecified atom stereocenters. The molecule has 5 heteroatoms. The standard InChI is InChI=1S/C69H76BN3S/c1-43-36-51-53(68(12,13)34-32-66(51,8)9)41-56(43)73-57-42-54-52(67(10,11)33-35-69(54,14)15)40-55(57)70-61-58(38-49(39-59(61)73)71(46-22-18-16-19-23-46)47-24-20-17-21-25-47)72(48-29-26-44(27-30-48)64(2,3)4)62-50-37-45(65(5,6)7)28-31-60(50)74-63(62)70/h16-31,36-42H,32-35H2,1-15H3/i16D,18D,19D,22D,23D. The number of fused-ring (bicyclic) bond motifs is 8. The fraction of sp³-hybridized carbons (Fsp3) is 0.362. The highest BCUT2D eigenvalue weighted by molar-refractivity contribution is 7.33. The predicted octanol–water partition coefficient (Wildman–Crippen LogP) is 18.1. The first-order valence-electron chi connectivity index (χ1n) is 29.6. The van der Waals surface area contributed by atoms with Crippen LogP contribution in [0.3, 0.4) is 0 Å². The average molecular weight is 995 g/mol. The van der Waals surface area contributed by atoms with Crippen LogP contribution in [0.25, 0.3) is 10.1 Å². The molecule has 0 atom stereocenters. The number of benzene rings is 7. The molecule has 3 heterocycles. The van der Waals surface area contributed by atoms with Crippen molar-refractivity contribution in [2.24, 2.45) is 0 Å². The minimum Gasteiger partial charge on any atom is -0.311 e. The molecule has 0 N–H and O–H groups in total. The lowest BCUT2D eigenvalue weighted by atomic mass is 9.35. The Kier molecular flexibility index (Phi) is 9.63. The Morgan fingerprint density at radius 1 is 0.527 bits per heavy atom. The van der Waals surface area contributed by atoms with E-state index in [1.165, 1.54) is 64.7 Å². The van der Waals surface area contributed by atoms with Crippen LogP contribution in [0.2, 0.25) is 0 Å². The summed E-state index contributed by atoms with van der Waals surface area (Å²) in [6.45, 7) is 35.2. The molecule has 0 saturated carbocycles. The van der Waals surface area contributed by atoms with Gasteiger partial charge in [-0.15, -0.1) is 11.3 Å². The number of para-hydroxylation sites is 2. The van der Waals surface area contributed by atoms with Crippen LogP contribution in [-0.2, 0) is 32.5 Å². The lowest BCUT2D eigenvalue weighted by Crippen LogP contribution is -2.61. The lowest BCUT2D eigenvalue weighted by molar-refractivity contribution is 0.331. The van der Waals surface area contributed by atoms with Gasteiger partial charge in [-0.05, 0) is 188 Å². The fourth-order valence-electron chi connectivity index (χ4n) is 13.1. The summed E-state index contributed by atoms with van der Waals surface area (Å²) in [5.41, 5.74) is 19.3. The highest BCUT2D eigenvalue weighted by atomic mass is 32.1. The molecule has 0 amide bonds. The molecule has 12 rings (SSSR count). The molecular weight excluding hydrogens is 914 g/mol. The molecule has 0 radical (unpaired) electrons. The number of rotatable bonds is 5. The van der Waals surface area contributed by atoms with E-state index in [1.54, 1.807) is 0 Å². The Bertz CT molecular complexity index is 3830. The maximum absolute atomic E-state index is 9.66. The van der Waals surface area contributed by atoms with Crippen LogP contribution in [0, 0.1) is 6.92 Å². The summed E-state index contributed by atoms with van der Waals surface area (Å²) in [6, 6.07) is 39.2. The van der Waals surface area contributed by atoms with Crippen molar-refractivity contribution in [1.29, 1.82) is 0 Å². The van der Waals surface area contributed by atoms with E-state index in [1.807, 2.05) is 46.6 Å². The van der Waals surface area contributed by atoms with Crippen LogP contribution < -0.4 is 30.4 Å². The molecule has 4 aliphatic rings. The summed E-state index contributed by atoms with van der Waals surface area (Å²) < 4.78 is 48.8. The van der Waals surface area contributed by atoms with Crippen molar-refractivity contribution in [3.63, 3.8) is 0 Å². The molecule has 0 bridgehead atoms. The van der Waals surface area contributed by atoms with Crippen molar-refractivity contribution >= 4 is 95.0 Å². The Morgan fingerprint density at radius 2 is 1.05 bits per heavy atom. The van der Waals surface area contributed by atoms with Crippen molar-refractivity contribution in [3.05, 3.63) is 178 Å². The first kappa shape index (κ1) is 43.2. The summed E-state index contributed by atoms with van der Waals surface area (Å²) in [7, 11) is 0. The van der Waals surface area contributed by atoms with Crippen molar-refractivity contribution in [2.45, 2.75) is 162 Å². The second-order valence-corrected chi connectivity index (χ2v) is 28.0. The molecule has 74 heavy (non-hydrogen) atoms. The van der Waals surface area contributed by atoms with Gasteiger partial charge in [0.2, 0.25) is 0 Å². The van der Waals surface area contributed by atoms with E-state index in [4.69, 9.17) is 4.11 Å². The highest BCUT2D eigenvalue weighted by Crippen LogP contribution is 2.56. The second kappa shape index (κ2) is 16.5. The zero-order valence-electron chi connectivity index (χ0n) is 51.5. The minimum absolute atomic E-state index is 0.000395. The van der Waals surface area contributed by atoms with Gasteiger partial charge < -0.3 is 14.7 Å². The molecule has 8 aromatic rings. The Labute approximate surface area is 454 Å². The summed E-state index contributed by atoms with van der Waals surface area (Å²) >= 11 is 1.92. The van der Waals surface area contributed by atoms with Gasteiger partial charge in [-0.2, -0.15) is 0 Å². The van der Waals surface area contributed by atoms with Crippen LogP contribution in [0.5, 0.6) is 0 Å². The van der Waals surface area contributed by atoms with E-state index >= 15 is 0 Å². The van der Waals surface area contributed by atoms with Gasteiger partial charge in [-0.1, -0.05) is 164 Å². The number of hydrogen-bond donors (Lipinski definition) is 0. The van der Waals surface area contributed by atoms with Gasteiger partial charge in [0.25, 0.3) is 6.71 Å². The molecule has 376 valence electrons. The van der Waals surface area contributed by atoms with E-state index < -0.39 is 6.04 Å². The summed E-state index contributed by atoms with van der Waals surface area (Å²) in [5.74, 6) is 0. The predicted molar refractivity (Wildman–Crippen MR) is 323 cm³/mol. The maximum atomic E-state index is 9.66. The molecule has 1 aromatic heterocycles.